The maximum absolute atomic E-state index is 10.3. The molecular formula is C4H10KN3O5P. The first-order valence-electron chi connectivity index (χ1n) is 3.06. The van der Waals surface area contributed by atoms with E-state index in [1.54, 1.807) is 0 Å². The van der Waals surface area contributed by atoms with Gasteiger partial charge in [0, 0.05) is 58.4 Å². The smallest absolute Gasteiger partial charge is 0.451 e. The molecule has 8 nitrogen and oxygen atoms in total. The fraction of sp³-hybridized carbons (Fsp3) is 0.500. The number of aliphatic carboxylic acids is 1. The summed E-state index contributed by atoms with van der Waals surface area (Å²) in [5.74, 6) is -1.69. The van der Waals surface area contributed by atoms with E-state index in [4.69, 9.17) is 20.6 Å². The molecule has 0 aromatic carbocycles. The van der Waals surface area contributed by atoms with Crippen LogP contribution in [0.15, 0.2) is 4.76 Å². The largest absolute Gasteiger partial charge is 0.480 e. The van der Waals surface area contributed by atoms with Crippen molar-refractivity contribution in [1.29, 1.82) is 0 Å². The molecule has 0 rings (SSSR count). The number of carbonyl (C=O) groups is 1. The van der Waals surface area contributed by atoms with Crippen LogP contribution in [-0.4, -0.2) is 96.7 Å². The van der Waals surface area contributed by atoms with E-state index in [9.17, 15) is 9.36 Å². The Balaban J connectivity index is 0. The van der Waals surface area contributed by atoms with Crippen LogP contribution in [-0.2, 0) is 9.36 Å². The number of nitrogens with zero attached hydrogens (tertiary/aromatic N) is 2. The van der Waals surface area contributed by atoms with Crippen LogP contribution in [0.25, 0.3) is 0 Å². The summed E-state index contributed by atoms with van der Waals surface area (Å²) < 4.78 is 13.1. The second-order valence-electron chi connectivity index (χ2n) is 2.22. The first-order chi connectivity index (χ1) is 5.72. The zero-order valence-corrected chi connectivity index (χ0v) is 11.8. The average molecular weight is 250 g/mol. The van der Waals surface area contributed by atoms with Crippen LogP contribution < -0.4 is 5.73 Å². The molecule has 0 spiro atoms. The van der Waals surface area contributed by atoms with E-state index in [0.717, 1.165) is 4.90 Å². The predicted molar refractivity (Wildman–Crippen MR) is 49.7 cm³/mol. The molecule has 0 fully saturated rings. The molecule has 77 valence electrons. The molecule has 0 bridgehead atoms. The molecule has 0 aliphatic heterocycles. The van der Waals surface area contributed by atoms with Crippen LogP contribution in [0.1, 0.15) is 0 Å². The second kappa shape index (κ2) is 6.91. The molecule has 0 amide bonds. The Morgan fingerprint density at radius 1 is 1.57 bits per heavy atom. The number of hydrogen-bond acceptors (Lipinski definition) is 2. The molecule has 0 atom stereocenters. The standard InChI is InChI=1S/C4H10N3O5P.K/c1-7(2-3(8)9)4(5)6-13(10,11)12;/h2H2,1H3,(H,8,9)(H4,5,6,10,11,12);. The summed E-state index contributed by atoms with van der Waals surface area (Å²) >= 11 is 0. The molecule has 0 saturated heterocycles. The van der Waals surface area contributed by atoms with Crippen molar-refractivity contribution in [3.63, 3.8) is 0 Å². The molecule has 1 radical (unpaired) electrons. The molecule has 0 aromatic heterocycles. The Labute approximate surface area is 123 Å². The molecular weight excluding hydrogens is 240 g/mol. The van der Waals surface area contributed by atoms with Gasteiger partial charge < -0.3 is 25.5 Å². The molecule has 14 heavy (non-hydrogen) atoms. The van der Waals surface area contributed by atoms with Crippen LogP contribution >= 0.6 is 7.75 Å². The summed E-state index contributed by atoms with van der Waals surface area (Å²) in [5, 5.41) is 8.28. The number of carboxylic acids is 1. The minimum Gasteiger partial charge on any atom is -0.480 e. The minimum atomic E-state index is -4.59. The van der Waals surface area contributed by atoms with Gasteiger partial charge in [0.1, 0.15) is 6.54 Å². The Kier molecular flexibility index (Phi) is 8.36. The summed E-state index contributed by atoms with van der Waals surface area (Å²) in [6.07, 6.45) is 0. The summed E-state index contributed by atoms with van der Waals surface area (Å²) in [4.78, 5) is 27.7. The Morgan fingerprint density at radius 3 is 2.29 bits per heavy atom. The third-order valence-corrected chi connectivity index (χ3v) is 1.46. The quantitative estimate of drug-likeness (QED) is 0.197. The molecule has 0 unspecified atom stereocenters. The van der Waals surface area contributed by atoms with Gasteiger partial charge >= 0.3 is 13.7 Å². The van der Waals surface area contributed by atoms with E-state index in [-0.39, 0.29) is 51.4 Å². The third-order valence-electron chi connectivity index (χ3n) is 0.996. The fourth-order valence-electron chi connectivity index (χ4n) is 0.494. The first-order valence-corrected chi connectivity index (χ1v) is 4.63. The van der Waals surface area contributed by atoms with Gasteiger partial charge in [-0.05, 0) is 0 Å². The Morgan fingerprint density at radius 2 is 2.00 bits per heavy atom. The van der Waals surface area contributed by atoms with Gasteiger partial charge in [0.2, 0.25) is 5.96 Å². The van der Waals surface area contributed by atoms with E-state index in [0.29, 0.717) is 0 Å². The van der Waals surface area contributed by atoms with Gasteiger partial charge in [-0.1, -0.05) is 0 Å². The van der Waals surface area contributed by atoms with Crippen LogP contribution in [0.2, 0.25) is 0 Å². The minimum absolute atomic E-state index is 0. The van der Waals surface area contributed by atoms with Crippen LogP contribution in [0, 0.1) is 0 Å². The van der Waals surface area contributed by atoms with Crippen molar-refractivity contribution < 1.29 is 24.3 Å². The summed E-state index contributed by atoms with van der Waals surface area (Å²) in [6, 6.07) is 0. The van der Waals surface area contributed by atoms with E-state index in [2.05, 4.69) is 4.76 Å². The van der Waals surface area contributed by atoms with E-state index in [1.807, 2.05) is 0 Å². The topological polar surface area (TPSA) is 136 Å². The molecule has 0 aliphatic carbocycles. The van der Waals surface area contributed by atoms with Crippen molar-refractivity contribution in [3.05, 3.63) is 0 Å². The summed E-state index contributed by atoms with van der Waals surface area (Å²) in [6.45, 7) is -0.477. The molecule has 0 aromatic rings. The predicted octanol–water partition coefficient (Wildman–Crippen LogP) is -1.97. The normalized spacial score (nSPS) is 11.8. The van der Waals surface area contributed by atoms with Crippen molar-refractivity contribution in [3.8, 4) is 0 Å². The van der Waals surface area contributed by atoms with E-state index in [1.165, 1.54) is 7.05 Å². The molecule has 5 N–H and O–H groups in total. The average Bonchev–Trinajstić information content (AvgIpc) is 1.81. The van der Waals surface area contributed by atoms with Crippen LogP contribution in [0.4, 0.5) is 0 Å². The van der Waals surface area contributed by atoms with Gasteiger partial charge in [-0.3, -0.25) is 4.79 Å². The molecule has 10 heteroatoms. The molecule has 0 aliphatic rings. The van der Waals surface area contributed by atoms with Gasteiger partial charge in [0.25, 0.3) is 0 Å². The summed E-state index contributed by atoms with van der Waals surface area (Å²) in [5.41, 5.74) is 5.07. The van der Waals surface area contributed by atoms with Crippen LogP contribution in [0.5, 0.6) is 0 Å². The number of hydrogen-bond donors (Lipinski definition) is 4. The van der Waals surface area contributed by atoms with Gasteiger partial charge in [-0.15, -0.1) is 4.76 Å². The fourth-order valence-corrected chi connectivity index (χ4v) is 0.913. The van der Waals surface area contributed by atoms with Crippen molar-refractivity contribution in [1.82, 2.24) is 4.90 Å². The van der Waals surface area contributed by atoms with Gasteiger partial charge in [-0.25, -0.2) is 4.57 Å². The monoisotopic (exact) mass is 250 g/mol. The van der Waals surface area contributed by atoms with Gasteiger partial charge in [0.15, 0.2) is 0 Å². The number of nitrogens with two attached hydrogens (primary N) is 1. The number of guanidine groups is 1. The van der Waals surface area contributed by atoms with Gasteiger partial charge in [-0.2, -0.15) is 0 Å². The first kappa shape index (κ1) is 16.9. The van der Waals surface area contributed by atoms with Crippen LogP contribution in [0.3, 0.4) is 0 Å². The maximum Gasteiger partial charge on any atom is 0.451 e. The second-order valence-corrected chi connectivity index (χ2v) is 3.45. The number of rotatable bonds is 3. The third kappa shape index (κ3) is 9.10. The zero-order valence-electron chi connectivity index (χ0n) is 7.78. The maximum atomic E-state index is 10.3. The van der Waals surface area contributed by atoms with E-state index >= 15 is 0 Å². The van der Waals surface area contributed by atoms with E-state index < -0.39 is 26.2 Å². The SMILES string of the molecule is CN(CC(=O)O)/C(N)=N/P(=O)(O)O.[K]. The van der Waals surface area contributed by atoms with Gasteiger partial charge in [0.05, 0.1) is 0 Å². The zero-order chi connectivity index (χ0) is 10.6. The molecule has 0 heterocycles. The van der Waals surface area contributed by atoms with Crippen molar-refractivity contribution in [2.75, 3.05) is 13.6 Å². The number of carboxylic acid groups (broad SMARTS) is 1. The van der Waals surface area contributed by atoms with Crippen molar-refractivity contribution in [2.24, 2.45) is 10.5 Å². The summed E-state index contributed by atoms with van der Waals surface area (Å²) in [7, 11) is -3.34. The van der Waals surface area contributed by atoms with Crippen molar-refractivity contribution in [2.45, 2.75) is 0 Å². The van der Waals surface area contributed by atoms with Crippen molar-refractivity contribution >= 4 is 71.1 Å². The number of likely N-dealkylation sites (N-methyl/N-ethyl adjacent to an activating group) is 1. The Hall–Kier alpha value is 0.526. The molecule has 0 saturated carbocycles. The Bertz CT molecular complexity index is 276.